The van der Waals surface area contributed by atoms with Gasteiger partial charge in [-0.3, -0.25) is 33.3 Å². The van der Waals surface area contributed by atoms with Crippen LogP contribution in [-0.4, -0.2) is 189 Å². The van der Waals surface area contributed by atoms with Gasteiger partial charge in [0.15, 0.2) is 23.0 Å². The highest BCUT2D eigenvalue weighted by molar-refractivity contribution is 8.09. The third kappa shape index (κ3) is 50.9. The summed E-state index contributed by atoms with van der Waals surface area (Å²) < 4.78 is 243. The number of aliphatic imine (C=N–C) groups is 1. The number of nitrogens with one attached hydrogen (secondary N) is 1. The van der Waals surface area contributed by atoms with Crippen molar-refractivity contribution >= 4 is 115 Å². The molecule has 0 spiro atoms. The molecule has 5 N–H and O–H groups in total. The maximum Gasteiger partial charge on any atom is 0.450 e. The van der Waals surface area contributed by atoms with Crippen molar-refractivity contribution in [3.63, 3.8) is 0 Å². The summed E-state index contributed by atoms with van der Waals surface area (Å²) in [5.74, 6) is -5.88. The largest absolute Gasteiger partial charge is 0.475 e. The highest BCUT2D eigenvalue weighted by Crippen LogP contribution is 2.41. The van der Waals surface area contributed by atoms with Crippen LogP contribution in [0.25, 0.3) is 5.69 Å². The van der Waals surface area contributed by atoms with Crippen LogP contribution in [0.2, 0.25) is 0 Å². The molecular formula is C91H105B3F13N10O29S. The molecule has 10 rings (SSSR count). The summed E-state index contributed by atoms with van der Waals surface area (Å²) in [7, 11) is 6.78. The van der Waals surface area contributed by atoms with E-state index in [1.165, 1.54) is 51.5 Å². The summed E-state index contributed by atoms with van der Waals surface area (Å²) in [5, 5.41) is 9.60. The van der Waals surface area contributed by atoms with Crippen LogP contribution in [0.3, 0.4) is 0 Å². The lowest BCUT2D eigenvalue weighted by atomic mass is 9.40. The molecule has 0 unspecified atom stereocenters. The van der Waals surface area contributed by atoms with Crippen molar-refractivity contribution < 1.29 is 185 Å². The smallest absolute Gasteiger partial charge is 0.450 e. The van der Waals surface area contributed by atoms with E-state index in [0.717, 1.165) is 88.7 Å². The zero-order valence-corrected chi connectivity index (χ0v) is 78.6. The van der Waals surface area contributed by atoms with Crippen LogP contribution in [0, 0.1) is 51.0 Å². The lowest BCUT2D eigenvalue weighted by Crippen LogP contribution is -2.44. The SMILES string of the molecule is C.C.C.C.CCCOc1ncccc1Oc1cc(-n2c(=O)cc(C(F)(F)F)n(C)c2=O)c(F)cc1C.CCCOc1ncccc1Oc1cc(N)c(F)cc1C.CCCOc1ncccc1Oc1cc(N2C(=O)CC(C(F)(F)F)=NC2=O)c(F)cc1C.CCCOc1ncccc1Oc1cc(NC(=O)CC(=O)C(F)(F)F)c(F)cc1C.CCOC(=O)CC(C)=O.CS(C)(=O)(O)OO.O=C=O.O=C=O.O=C=O.O=C=O.[B][B][B]. The molecule has 0 aliphatic carbocycles. The first kappa shape index (κ1) is 140. The highest BCUT2D eigenvalue weighted by Gasteiger charge is 2.44. The van der Waals surface area contributed by atoms with E-state index < -0.39 is 134 Å². The maximum atomic E-state index is 14.7. The summed E-state index contributed by atoms with van der Waals surface area (Å²) in [6, 6.07) is 20.7. The van der Waals surface area contributed by atoms with Gasteiger partial charge in [0.2, 0.25) is 17.6 Å². The number of aryl methyl sites for hydroxylation is 4. The Morgan fingerprint density at radius 3 is 1.16 bits per heavy atom. The number of benzene rings is 4. The first-order chi connectivity index (χ1) is 66.9. The molecule has 39 nitrogen and oxygen atoms in total. The minimum Gasteiger partial charge on any atom is -0.475 e. The van der Waals surface area contributed by atoms with E-state index in [-0.39, 0.29) is 140 Å². The Morgan fingerprint density at radius 1 is 0.517 bits per heavy atom. The molecular weight excluding hydrogens is 2010 g/mol. The van der Waals surface area contributed by atoms with E-state index in [9.17, 15) is 99.6 Å². The van der Waals surface area contributed by atoms with Crippen molar-refractivity contribution in [2.75, 3.05) is 61.5 Å². The Bertz CT molecular complexity index is 6090. The average Bonchev–Trinajstić information content (AvgIpc) is 0.806. The van der Waals surface area contributed by atoms with Crippen LogP contribution < -0.4 is 65.1 Å². The van der Waals surface area contributed by atoms with Gasteiger partial charge in [-0.15, -0.1) is 4.33 Å². The van der Waals surface area contributed by atoms with E-state index in [2.05, 4.69) is 49.5 Å². The van der Waals surface area contributed by atoms with Crippen molar-refractivity contribution in [3.8, 4) is 75.2 Å². The van der Waals surface area contributed by atoms with Gasteiger partial charge in [0.25, 0.3) is 29.1 Å². The highest BCUT2D eigenvalue weighted by atomic mass is 32.3. The van der Waals surface area contributed by atoms with Gasteiger partial charge in [-0.25, -0.2) is 66.0 Å². The number of hydrogen-bond acceptors (Lipinski definition) is 33. The molecule has 1 aliphatic heterocycles. The number of nitrogens with zero attached hydrogens (tertiary/aromatic N) is 8. The number of rotatable bonds is 29. The number of pyridine rings is 4. The summed E-state index contributed by atoms with van der Waals surface area (Å²) in [6.45, 7) is 19.2. The molecule has 6 heterocycles. The number of Topliss-reactive ketones (excluding diaryl/α,β-unsaturated/α-hetero) is 2. The Balaban J connectivity index is -0.000000554. The predicted octanol–water partition coefficient (Wildman–Crippen LogP) is 16.8. The third-order valence-electron chi connectivity index (χ3n) is 15.9. The molecule has 9 aromatic rings. The van der Waals surface area contributed by atoms with Crippen molar-refractivity contribution in [3.05, 3.63) is 200 Å². The number of carbonyl (C=O) groups excluding carboxylic acids is 14. The molecule has 0 saturated carbocycles. The van der Waals surface area contributed by atoms with Gasteiger partial charge in [0.1, 0.15) is 79.5 Å². The predicted molar refractivity (Wildman–Crippen MR) is 503 cm³/mol. The first-order valence-corrected chi connectivity index (χ1v) is 43.0. The number of ether oxygens (including phenoxy) is 9. The lowest BCUT2D eigenvalue weighted by molar-refractivity contribution is -0.193. The van der Waals surface area contributed by atoms with Crippen LogP contribution in [0.15, 0.2) is 142 Å². The minimum atomic E-state index is -5.15. The molecule has 147 heavy (non-hydrogen) atoms. The number of anilines is 3. The molecule has 0 atom stereocenters. The van der Waals surface area contributed by atoms with Crippen LogP contribution >= 0.6 is 0 Å². The third-order valence-corrected chi connectivity index (χ3v) is 16.3. The Kier molecular flexibility index (Phi) is 65.9. The number of esters is 1. The van der Waals surface area contributed by atoms with Crippen LogP contribution in [0.5, 0.6) is 69.5 Å². The molecule has 5 aromatic heterocycles. The number of aromatic nitrogens is 6. The number of ketones is 2. The van der Waals surface area contributed by atoms with E-state index in [4.69, 9.17) is 91.8 Å². The normalized spacial score (nSPS) is 10.8. The van der Waals surface area contributed by atoms with Gasteiger partial charge in [0, 0.05) is 97.2 Å². The van der Waals surface area contributed by atoms with Gasteiger partial charge in [-0.05, 0) is 162 Å². The average molecular weight is 2110 g/mol. The monoisotopic (exact) mass is 2110 g/mol. The molecule has 0 bridgehead atoms. The lowest BCUT2D eigenvalue weighted by Gasteiger charge is -2.25. The van der Waals surface area contributed by atoms with Crippen molar-refractivity contribution in [1.29, 1.82) is 0 Å². The maximum absolute atomic E-state index is 14.7. The molecule has 56 heteroatoms. The van der Waals surface area contributed by atoms with Gasteiger partial charge >= 0.3 is 60.8 Å². The molecule has 4 aromatic carbocycles. The molecule has 5 radical (unpaired) electrons. The zero-order valence-electron chi connectivity index (χ0n) is 77.7. The summed E-state index contributed by atoms with van der Waals surface area (Å²) >= 11 is 0. The number of nitrogen functional groups attached to an aromatic ring is 1. The molecule has 0 saturated heterocycles. The number of hydrogen-bond donors (Lipinski definition) is 4. The summed E-state index contributed by atoms with van der Waals surface area (Å²) in [6.07, 6.45) is -5.80. The van der Waals surface area contributed by atoms with Gasteiger partial charge < -0.3 is 58.2 Å². The number of nitrogens with two attached hydrogens (primary N) is 1. The fourth-order valence-electron chi connectivity index (χ4n) is 9.91. The fraction of sp³-hybridized carbons (Fsp3) is 0.352. The number of carbonyl (C=O) groups is 6. The van der Waals surface area contributed by atoms with Crippen LogP contribution in [-0.2, 0) is 94.3 Å². The van der Waals surface area contributed by atoms with Crippen LogP contribution in [0.1, 0.15) is 144 Å². The number of amides is 4. The van der Waals surface area contributed by atoms with Crippen molar-refractivity contribution in [1.82, 2.24) is 29.1 Å². The van der Waals surface area contributed by atoms with Crippen molar-refractivity contribution in [2.24, 2.45) is 12.0 Å². The molecule has 799 valence electrons. The quantitative estimate of drug-likeness (QED) is 0.00643. The van der Waals surface area contributed by atoms with Crippen LogP contribution in [0.4, 0.5) is 78.9 Å². The number of imide groups is 1. The molecule has 4 amide bonds. The molecule has 0 fully saturated rings. The number of halogens is 13. The Morgan fingerprint density at radius 2 is 0.844 bits per heavy atom. The van der Waals surface area contributed by atoms with E-state index >= 15 is 0 Å². The second-order valence-electron chi connectivity index (χ2n) is 27.8. The Hall–Kier alpha value is -15.7. The number of alkyl halides is 9. The first-order valence-electron chi connectivity index (χ1n) is 40.3. The van der Waals surface area contributed by atoms with Gasteiger partial charge in [-0.2, -0.15) is 82.9 Å². The summed E-state index contributed by atoms with van der Waals surface area (Å²) in [5.41, 5.74) is 0.0343. The second-order valence-corrected chi connectivity index (χ2v) is 31.2. The van der Waals surface area contributed by atoms with Gasteiger partial charge in [0.05, 0.1) is 68.6 Å². The fourth-order valence-corrected chi connectivity index (χ4v) is 9.91. The summed E-state index contributed by atoms with van der Waals surface area (Å²) in [4.78, 5) is 177. The zero-order chi connectivity index (χ0) is 109. The number of urea groups is 1. The standard InChI is InChI=1S/C21H19F4N3O4.C20H17F4N3O4.C19H18F4N2O4.C15H17FN2O2.C6H10O3.C2H8O4S.4CO2.4CH4.B3/c1-4-8-31-19-15(6-5-7-26-19)32-16-10-14(13(22)9-12(16)2)28-18(29)11-17(21(23,24)25)27(3)20(28)30;1-3-7-30-18-14(5-4-6-25-18)31-15-9-13(12(21)8-11(15)2)27-17(28)10-16(20(22,23)24)26-19(27)29;1-3-7-28-18-14(5-4-6-24-18)29-15-9-13(12(20)8-11(15)2)25-17(27)10-16(26)19(21,22)23;1-3-7-19-15-13(5-4-6-18-15)20-14-9-12(17)11(16)8-10(14)2;1-3-9-6(8)4-5(2)7;1-7(2,4,5)6-3;4*2-1-3;;;;;1-3-2/h5-7,9-11H,4,8H2,1-3H3;4-6,8-9H,3,7,10H2,1-2H3;4-6,8-9H,3,7,10H2,1-2H3,(H,25,27);4-6,8-9H,3,7,17H2,1-2H3;3-4H2,1-2H3;3H,1-2H3,(H,4,5);;;;;4*1H4;. The minimum absolute atomic E-state index is 0. The topological polar surface area (TPSA) is 538 Å². The second kappa shape index (κ2) is 69.3. The van der Waals surface area contributed by atoms with E-state index in [0.29, 0.717) is 77.2 Å². The Labute approximate surface area is 836 Å². The van der Waals surface area contributed by atoms with Gasteiger partial charge in [-0.1, -0.05) is 57.4 Å². The van der Waals surface area contributed by atoms with E-state index in [1.807, 2.05) is 33.0 Å². The van der Waals surface area contributed by atoms with E-state index in [1.54, 1.807) is 75.5 Å². The van der Waals surface area contributed by atoms with Crippen molar-refractivity contribution in [2.45, 2.75) is 162 Å². The molecule has 1 aliphatic rings.